The highest BCUT2D eigenvalue weighted by Gasteiger charge is 2.83. The fourth-order valence-electron chi connectivity index (χ4n) is 10.5. The average Bonchev–Trinajstić information content (AvgIpc) is 3.09. The summed E-state index contributed by atoms with van der Waals surface area (Å²) in [5, 5.41) is 6.88. The monoisotopic (exact) mass is 691 g/mol. The molecule has 3 aromatic carbocycles. The number of carbonyl (C=O) groups excluding carboxylic acids is 2. The second-order valence-corrected chi connectivity index (χ2v) is 16.9. The van der Waals surface area contributed by atoms with E-state index in [0.717, 1.165) is 53.4 Å². The lowest BCUT2D eigenvalue weighted by molar-refractivity contribution is -0.349. The Labute approximate surface area is 302 Å². The summed E-state index contributed by atoms with van der Waals surface area (Å²) < 4.78 is 12.8. The minimum Gasteiger partial charge on any atom is -0.472 e. The number of benzene rings is 3. The second-order valence-electron chi connectivity index (χ2n) is 16.9. The number of anilines is 1. The fourth-order valence-corrected chi connectivity index (χ4v) is 10.5. The summed E-state index contributed by atoms with van der Waals surface area (Å²) in [5.74, 6) is 3.30. The molecule has 8 rings (SSSR count). The Morgan fingerprint density at radius 3 is 2.47 bits per heavy atom. The molecule has 0 spiro atoms. The van der Waals surface area contributed by atoms with Gasteiger partial charge in [-0.05, 0) is 85.3 Å². The van der Waals surface area contributed by atoms with Gasteiger partial charge in [0.25, 0.3) is 5.91 Å². The molecule has 2 amide bonds. The van der Waals surface area contributed by atoms with E-state index in [2.05, 4.69) is 71.5 Å². The van der Waals surface area contributed by atoms with Gasteiger partial charge in [0.15, 0.2) is 6.23 Å². The van der Waals surface area contributed by atoms with Gasteiger partial charge in [0.1, 0.15) is 11.8 Å². The molecule has 3 aromatic rings. The lowest BCUT2D eigenvalue weighted by Crippen LogP contribution is -2.90. The maximum absolute atomic E-state index is 14.0. The van der Waals surface area contributed by atoms with Crippen LogP contribution in [0.25, 0.3) is 11.1 Å². The Balaban J connectivity index is 1.03. The first kappa shape index (κ1) is 34.2. The maximum atomic E-state index is 14.0. The third-order valence-corrected chi connectivity index (χ3v) is 13.1. The molecule has 270 valence electrons. The van der Waals surface area contributed by atoms with Crippen LogP contribution in [0.1, 0.15) is 48.7 Å². The summed E-state index contributed by atoms with van der Waals surface area (Å²) in [6.07, 6.45) is 1.45. The van der Waals surface area contributed by atoms with Crippen LogP contribution in [0, 0.1) is 29.1 Å². The molecule has 8 atom stereocenters. The van der Waals surface area contributed by atoms with Crippen molar-refractivity contribution in [2.45, 2.75) is 64.0 Å². The maximum Gasteiger partial charge on any atom is 0.251 e. The summed E-state index contributed by atoms with van der Waals surface area (Å²) in [7, 11) is 8.04. The Morgan fingerprint density at radius 1 is 0.980 bits per heavy atom. The highest BCUT2D eigenvalue weighted by atomic mass is 16.6. The van der Waals surface area contributed by atoms with Gasteiger partial charge < -0.3 is 29.9 Å². The number of carbonyl (C=O) groups is 2. The van der Waals surface area contributed by atoms with E-state index < -0.39 is 6.04 Å². The van der Waals surface area contributed by atoms with Crippen LogP contribution < -0.4 is 20.3 Å². The molecule has 2 aliphatic heterocycles. The molecule has 0 aromatic heterocycles. The Kier molecular flexibility index (Phi) is 8.47. The number of amides is 2. The van der Waals surface area contributed by atoms with Crippen LogP contribution >= 0.6 is 0 Å². The van der Waals surface area contributed by atoms with Gasteiger partial charge in [-0.15, -0.1) is 0 Å². The van der Waals surface area contributed by atoms with Gasteiger partial charge in [-0.3, -0.25) is 9.59 Å². The molecule has 2 unspecified atom stereocenters. The zero-order valence-electron chi connectivity index (χ0n) is 31.1. The molecule has 0 radical (unpaired) electrons. The molecule has 2 heterocycles. The standard InChI is InChI=1S/C42H53N5O4/c1-25-36-37-33(41(36,2)3)20-42(25,37)44-40(49)34-23-50-24-35-47(34)21-27-14-11-15-32(38(27)51-35)28-17-29(19-31(18-28)46(6)7)39(48)43-30(22-45(4)5)16-26-12-9-8-10-13-26/h8-15,17-19,25,30,33-37H,16,20-24H2,1-7H3,(H,43,48)(H,44,49)/t25-,30-,33-,34-,35?,36+,37?,42+/m0/s1. The first-order valence-corrected chi connectivity index (χ1v) is 18.6. The normalized spacial score (nSPS) is 30.2. The molecule has 9 nitrogen and oxygen atoms in total. The summed E-state index contributed by atoms with van der Waals surface area (Å²) in [6.45, 7) is 9.19. The number of nitrogens with zero attached hydrogens (tertiary/aromatic N) is 3. The summed E-state index contributed by atoms with van der Waals surface area (Å²) >= 11 is 0. The smallest absolute Gasteiger partial charge is 0.251 e. The van der Waals surface area contributed by atoms with Crippen molar-refractivity contribution in [3.63, 3.8) is 0 Å². The molecule has 3 saturated carbocycles. The molecule has 3 aliphatic carbocycles. The van der Waals surface area contributed by atoms with Crippen LogP contribution in [-0.4, -0.2) is 93.4 Å². The first-order valence-electron chi connectivity index (χ1n) is 18.6. The van der Waals surface area contributed by atoms with E-state index in [-0.39, 0.29) is 29.6 Å². The SMILES string of the molecule is C[C@H]1[C@@H]2C3[C@H](C[C@]31NC(=O)[C@@H]1COCC3Oc4c(cccc4-c4cc(C(=O)N[C@@H](Cc5ccccc5)CN(C)C)cc(N(C)C)c4)CN31)C2(C)C. The topological polar surface area (TPSA) is 86.4 Å². The zero-order chi connectivity index (χ0) is 35.8. The van der Waals surface area contributed by atoms with Gasteiger partial charge in [-0.25, -0.2) is 4.90 Å². The van der Waals surface area contributed by atoms with Crippen molar-refractivity contribution in [3.05, 3.63) is 83.4 Å². The van der Waals surface area contributed by atoms with Crippen molar-refractivity contribution >= 4 is 17.5 Å². The number of nitrogens with one attached hydrogen (secondary N) is 2. The Morgan fingerprint density at radius 2 is 1.76 bits per heavy atom. The van der Waals surface area contributed by atoms with Crippen LogP contribution in [0.5, 0.6) is 5.75 Å². The minimum absolute atomic E-state index is 0.0495. The lowest BCUT2D eigenvalue weighted by atomic mass is 9.21. The van der Waals surface area contributed by atoms with Crippen LogP contribution in [0.3, 0.4) is 0 Å². The van der Waals surface area contributed by atoms with Crippen LogP contribution in [0.2, 0.25) is 0 Å². The van der Waals surface area contributed by atoms with Crippen molar-refractivity contribution in [2.24, 2.45) is 29.1 Å². The van der Waals surface area contributed by atoms with Gasteiger partial charge >= 0.3 is 0 Å². The van der Waals surface area contributed by atoms with E-state index in [4.69, 9.17) is 9.47 Å². The zero-order valence-corrected chi connectivity index (χ0v) is 31.1. The Hall–Kier alpha value is -3.92. The highest BCUT2D eigenvalue weighted by Crippen LogP contribution is 2.81. The van der Waals surface area contributed by atoms with E-state index in [9.17, 15) is 9.59 Å². The summed E-state index contributed by atoms with van der Waals surface area (Å²) in [4.78, 5) is 34.2. The molecular formula is C42H53N5O4. The predicted octanol–water partition coefficient (Wildman–Crippen LogP) is 5.04. The van der Waals surface area contributed by atoms with Gasteiger partial charge in [-0.2, -0.15) is 0 Å². The number of ether oxygens (including phenoxy) is 2. The number of para-hydroxylation sites is 1. The molecule has 0 bridgehead atoms. The molecule has 4 fully saturated rings. The predicted molar refractivity (Wildman–Crippen MR) is 200 cm³/mol. The number of morpholine rings is 1. The van der Waals surface area contributed by atoms with E-state index in [1.54, 1.807) is 0 Å². The minimum atomic E-state index is -0.410. The van der Waals surface area contributed by atoms with Crippen LogP contribution in [0.4, 0.5) is 5.69 Å². The van der Waals surface area contributed by atoms with E-state index >= 15 is 0 Å². The molecule has 2 N–H and O–H groups in total. The Bertz CT molecular complexity index is 1820. The van der Waals surface area contributed by atoms with E-state index in [0.29, 0.717) is 48.5 Å². The van der Waals surface area contributed by atoms with Crippen molar-refractivity contribution in [1.82, 2.24) is 20.4 Å². The number of rotatable bonds is 10. The van der Waals surface area contributed by atoms with Crippen LogP contribution in [0.15, 0.2) is 66.7 Å². The van der Waals surface area contributed by atoms with Gasteiger partial charge in [0.2, 0.25) is 5.91 Å². The van der Waals surface area contributed by atoms with Crippen molar-refractivity contribution in [2.75, 3.05) is 52.8 Å². The largest absolute Gasteiger partial charge is 0.472 e. The number of fused-ring (bicyclic) bond motifs is 2. The summed E-state index contributed by atoms with van der Waals surface area (Å²) in [5.41, 5.74) is 5.91. The third kappa shape index (κ3) is 5.63. The number of hydrogen-bond acceptors (Lipinski definition) is 7. The molecule has 51 heavy (non-hydrogen) atoms. The van der Waals surface area contributed by atoms with Gasteiger partial charge in [0, 0.05) is 61.1 Å². The van der Waals surface area contributed by atoms with E-state index in [1.165, 1.54) is 5.56 Å². The van der Waals surface area contributed by atoms with Crippen molar-refractivity contribution in [1.29, 1.82) is 0 Å². The molecular weight excluding hydrogens is 638 g/mol. The third-order valence-electron chi connectivity index (χ3n) is 13.1. The molecule has 5 aliphatic rings. The second kappa shape index (κ2) is 12.6. The average molecular weight is 692 g/mol. The number of hydrogen-bond donors (Lipinski definition) is 2. The molecule has 1 saturated heterocycles. The van der Waals surface area contributed by atoms with Crippen molar-refractivity contribution < 1.29 is 19.1 Å². The van der Waals surface area contributed by atoms with Gasteiger partial charge in [0.05, 0.1) is 13.2 Å². The van der Waals surface area contributed by atoms with Gasteiger partial charge in [-0.1, -0.05) is 69.3 Å². The molecule has 9 heteroatoms. The fraction of sp³-hybridized carbons (Fsp3) is 0.524. The van der Waals surface area contributed by atoms with E-state index in [1.807, 2.05) is 69.5 Å². The first-order chi connectivity index (χ1) is 24.4. The number of likely N-dealkylation sites (N-methyl/N-ethyl adjacent to an activating group) is 1. The lowest BCUT2D eigenvalue weighted by Gasteiger charge is -2.86. The van der Waals surface area contributed by atoms with Crippen molar-refractivity contribution in [3.8, 4) is 16.9 Å². The summed E-state index contributed by atoms with van der Waals surface area (Å²) in [6, 6.07) is 22.0. The van der Waals surface area contributed by atoms with Crippen LogP contribution in [-0.2, 0) is 22.5 Å². The quantitative estimate of drug-likeness (QED) is 0.308. The highest BCUT2D eigenvalue weighted by molar-refractivity contribution is 5.97.